The fraction of sp³-hybridized carbons (Fsp3) is 0.385. The molecule has 0 saturated carbocycles. The molecule has 1 heterocycles. The van der Waals surface area contributed by atoms with Crippen molar-refractivity contribution in [3.05, 3.63) is 35.4 Å². The Morgan fingerprint density at radius 2 is 2.33 bits per heavy atom. The van der Waals surface area contributed by atoms with Gasteiger partial charge in [0.05, 0.1) is 6.10 Å². The lowest BCUT2D eigenvalue weighted by Gasteiger charge is -2.12. The standard InChI is InChI=1S/C13H16N2O3/c1-8-3-2-4-9(5-8)6-14-12(17)11-10(16)7-15-13(11)18/h2-5,10-11,16H,6-7H2,1H3,(H,14,17)(H,15,18). The number of rotatable bonds is 3. The van der Waals surface area contributed by atoms with Crippen LogP contribution in [0.2, 0.25) is 0 Å². The summed E-state index contributed by atoms with van der Waals surface area (Å²) < 4.78 is 0. The minimum atomic E-state index is -0.991. The second kappa shape index (κ2) is 5.18. The highest BCUT2D eigenvalue weighted by molar-refractivity contribution is 6.02. The molecule has 2 rings (SSSR count). The van der Waals surface area contributed by atoms with E-state index in [0.717, 1.165) is 11.1 Å². The van der Waals surface area contributed by atoms with E-state index in [1.54, 1.807) is 0 Å². The minimum absolute atomic E-state index is 0.140. The summed E-state index contributed by atoms with van der Waals surface area (Å²) in [5, 5.41) is 14.7. The van der Waals surface area contributed by atoms with Crippen LogP contribution < -0.4 is 10.6 Å². The van der Waals surface area contributed by atoms with E-state index in [-0.39, 0.29) is 6.54 Å². The molecule has 1 aliphatic rings. The molecule has 1 aliphatic heterocycles. The highest BCUT2D eigenvalue weighted by Crippen LogP contribution is 2.11. The molecule has 0 bridgehead atoms. The third kappa shape index (κ3) is 2.68. The molecule has 5 heteroatoms. The number of aliphatic hydroxyl groups is 1. The van der Waals surface area contributed by atoms with Crippen molar-refractivity contribution in [2.24, 2.45) is 5.92 Å². The van der Waals surface area contributed by atoms with Gasteiger partial charge in [-0.25, -0.2) is 0 Å². The number of amides is 2. The van der Waals surface area contributed by atoms with E-state index >= 15 is 0 Å². The summed E-state index contributed by atoms with van der Waals surface area (Å²) in [6.07, 6.45) is -0.935. The average Bonchev–Trinajstić information content (AvgIpc) is 2.66. The molecule has 2 unspecified atom stereocenters. The fourth-order valence-electron chi connectivity index (χ4n) is 2.02. The quantitative estimate of drug-likeness (QED) is 0.644. The maximum absolute atomic E-state index is 11.8. The molecular weight excluding hydrogens is 232 g/mol. The van der Waals surface area contributed by atoms with E-state index in [2.05, 4.69) is 10.6 Å². The van der Waals surface area contributed by atoms with Crippen LogP contribution in [0.15, 0.2) is 24.3 Å². The maximum Gasteiger partial charge on any atom is 0.235 e. The Kier molecular flexibility index (Phi) is 3.62. The van der Waals surface area contributed by atoms with Gasteiger partial charge in [-0.3, -0.25) is 9.59 Å². The monoisotopic (exact) mass is 248 g/mol. The van der Waals surface area contributed by atoms with Gasteiger partial charge in [-0.1, -0.05) is 29.8 Å². The summed E-state index contributed by atoms with van der Waals surface area (Å²) in [7, 11) is 0. The lowest BCUT2D eigenvalue weighted by atomic mass is 10.0. The van der Waals surface area contributed by atoms with E-state index in [0.29, 0.717) is 6.54 Å². The first kappa shape index (κ1) is 12.6. The van der Waals surface area contributed by atoms with Gasteiger partial charge in [-0.15, -0.1) is 0 Å². The molecule has 0 aliphatic carbocycles. The fourth-order valence-corrected chi connectivity index (χ4v) is 2.02. The van der Waals surface area contributed by atoms with Crippen LogP contribution in [-0.4, -0.2) is 29.6 Å². The Morgan fingerprint density at radius 1 is 1.56 bits per heavy atom. The molecule has 1 fully saturated rings. The van der Waals surface area contributed by atoms with Gasteiger partial charge in [0, 0.05) is 13.1 Å². The molecule has 1 aromatic rings. The van der Waals surface area contributed by atoms with Gasteiger partial charge in [0.1, 0.15) is 5.92 Å². The molecule has 2 atom stereocenters. The highest BCUT2D eigenvalue weighted by atomic mass is 16.3. The lowest BCUT2D eigenvalue weighted by Crippen LogP contribution is -2.39. The number of benzene rings is 1. The summed E-state index contributed by atoms with van der Waals surface area (Å²) in [4.78, 5) is 23.2. The molecule has 5 nitrogen and oxygen atoms in total. The zero-order chi connectivity index (χ0) is 13.1. The molecule has 96 valence electrons. The SMILES string of the molecule is Cc1cccc(CNC(=O)C2C(=O)NCC2O)c1. The van der Waals surface area contributed by atoms with Crippen LogP contribution >= 0.6 is 0 Å². The zero-order valence-electron chi connectivity index (χ0n) is 10.1. The number of aliphatic hydroxyl groups excluding tert-OH is 1. The van der Waals surface area contributed by atoms with Crippen molar-refractivity contribution < 1.29 is 14.7 Å². The Hall–Kier alpha value is -1.88. The van der Waals surface area contributed by atoms with E-state index in [1.807, 2.05) is 31.2 Å². The number of β-amino-alcohol motifs (C(OH)–C–C–N with tert-alkyl or cyclic N) is 1. The van der Waals surface area contributed by atoms with Crippen molar-refractivity contribution in [3.8, 4) is 0 Å². The van der Waals surface area contributed by atoms with Gasteiger partial charge in [-0.2, -0.15) is 0 Å². The Labute approximate surface area is 105 Å². The van der Waals surface area contributed by atoms with Crippen molar-refractivity contribution in [1.82, 2.24) is 10.6 Å². The van der Waals surface area contributed by atoms with Crippen LogP contribution in [0.3, 0.4) is 0 Å². The number of carbonyl (C=O) groups excluding carboxylic acids is 2. The van der Waals surface area contributed by atoms with Gasteiger partial charge in [0.2, 0.25) is 11.8 Å². The van der Waals surface area contributed by atoms with Gasteiger partial charge >= 0.3 is 0 Å². The number of hydrogen-bond acceptors (Lipinski definition) is 3. The molecule has 1 saturated heterocycles. The van der Waals surface area contributed by atoms with Crippen molar-refractivity contribution >= 4 is 11.8 Å². The van der Waals surface area contributed by atoms with Gasteiger partial charge in [0.15, 0.2) is 0 Å². The van der Waals surface area contributed by atoms with Crippen LogP contribution in [0.1, 0.15) is 11.1 Å². The molecule has 0 spiro atoms. The van der Waals surface area contributed by atoms with Crippen molar-refractivity contribution in [2.75, 3.05) is 6.54 Å². The largest absolute Gasteiger partial charge is 0.390 e. The summed E-state index contributed by atoms with van der Waals surface area (Å²) >= 11 is 0. The predicted octanol–water partition coefficient (Wildman–Crippen LogP) is -0.282. The molecule has 18 heavy (non-hydrogen) atoms. The molecule has 2 amide bonds. The zero-order valence-corrected chi connectivity index (χ0v) is 10.1. The third-order valence-corrected chi connectivity index (χ3v) is 2.98. The molecular formula is C13H16N2O3. The number of carbonyl (C=O) groups is 2. The molecule has 0 radical (unpaired) electrons. The first-order valence-corrected chi connectivity index (χ1v) is 5.87. The number of hydrogen-bond donors (Lipinski definition) is 3. The minimum Gasteiger partial charge on any atom is -0.390 e. The highest BCUT2D eigenvalue weighted by Gasteiger charge is 2.38. The summed E-state index contributed by atoms with van der Waals surface area (Å²) in [5.74, 6) is -1.84. The second-order valence-electron chi connectivity index (χ2n) is 4.50. The number of aryl methyl sites for hydroxylation is 1. The van der Waals surface area contributed by atoms with E-state index in [1.165, 1.54) is 0 Å². The second-order valence-corrected chi connectivity index (χ2v) is 4.50. The van der Waals surface area contributed by atoms with Gasteiger partial charge < -0.3 is 15.7 Å². The smallest absolute Gasteiger partial charge is 0.235 e. The van der Waals surface area contributed by atoms with Crippen LogP contribution in [0.5, 0.6) is 0 Å². The lowest BCUT2D eigenvalue weighted by molar-refractivity contribution is -0.135. The topological polar surface area (TPSA) is 78.4 Å². The first-order chi connectivity index (χ1) is 8.58. The van der Waals surface area contributed by atoms with Crippen molar-refractivity contribution in [1.29, 1.82) is 0 Å². The van der Waals surface area contributed by atoms with Crippen molar-refractivity contribution in [2.45, 2.75) is 19.6 Å². The maximum atomic E-state index is 11.8. The van der Waals surface area contributed by atoms with Gasteiger partial charge in [0.25, 0.3) is 0 Å². The van der Waals surface area contributed by atoms with E-state index < -0.39 is 23.8 Å². The van der Waals surface area contributed by atoms with Crippen molar-refractivity contribution in [3.63, 3.8) is 0 Å². The predicted molar refractivity (Wildman–Crippen MR) is 65.5 cm³/mol. The summed E-state index contributed by atoms with van der Waals surface area (Å²) in [5.41, 5.74) is 2.08. The van der Waals surface area contributed by atoms with Gasteiger partial charge in [-0.05, 0) is 12.5 Å². The van der Waals surface area contributed by atoms with E-state index in [9.17, 15) is 14.7 Å². The van der Waals surface area contributed by atoms with Crippen LogP contribution in [0.4, 0.5) is 0 Å². The Bertz CT molecular complexity index is 473. The van der Waals surface area contributed by atoms with E-state index in [4.69, 9.17) is 0 Å². The Balaban J connectivity index is 1.94. The van der Waals surface area contributed by atoms with Crippen LogP contribution in [0.25, 0.3) is 0 Å². The molecule has 3 N–H and O–H groups in total. The number of nitrogens with one attached hydrogen (secondary N) is 2. The molecule has 1 aromatic carbocycles. The third-order valence-electron chi connectivity index (χ3n) is 2.98. The van der Waals surface area contributed by atoms with Crippen LogP contribution in [-0.2, 0) is 16.1 Å². The first-order valence-electron chi connectivity index (χ1n) is 5.87. The Morgan fingerprint density at radius 3 is 2.94 bits per heavy atom. The summed E-state index contributed by atoms with van der Waals surface area (Å²) in [6.45, 7) is 2.47. The molecule has 0 aromatic heterocycles. The van der Waals surface area contributed by atoms with Crippen LogP contribution in [0, 0.1) is 12.8 Å². The normalized spacial score (nSPS) is 22.7. The average molecular weight is 248 g/mol. The summed E-state index contributed by atoms with van der Waals surface area (Å²) in [6, 6.07) is 7.75.